The maximum absolute atomic E-state index is 5.99. The van der Waals surface area contributed by atoms with Crippen molar-refractivity contribution in [2.24, 2.45) is 0 Å². The van der Waals surface area contributed by atoms with Crippen molar-refractivity contribution in [1.82, 2.24) is 14.5 Å². The third-order valence-electron chi connectivity index (χ3n) is 2.90. The Bertz CT molecular complexity index is 673. The molecule has 0 aliphatic heterocycles. The minimum Gasteiger partial charge on any atom is -0.322 e. The van der Waals surface area contributed by atoms with Gasteiger partial charge in [-0.3, -0.25) is 4.98 Å². The summed E-state index contributed by atoms with van der Waals surface area (Å²) in [5.74, 6) is 1.33. The quantitative estimate of drug-likeness (QED) is 0.685. The smallest absolute Gasteiger partial charge is 0.125 e. The molecule has 3 nitrogen and oxygen atoms in total. The molecule has 0 bridgehead atoms. The van der Waals surface area contributed by atoms with Crippen LogP contribution >= 0.6 is 22.9 Å². The summed E-state index contributed by atoms with van der Waals surface area (Å²) in [7, 11) is 0. The van der Waals surface area contributed by atoms with Gasteiger partial charge in [-0.25, -0.2) is 4.98 Å². The van der Waals surface area contributed by atoms with E-state index in [0.29, 0.717) is 5.88 Å². The predicted molar refractivity (Wildman–Crippen MR) is 75.2 cm³/mol. The minimum absolute atomic E-state index is 0.423. The number of hydrogen-bond acceptors (Lipinski definition) is 3. The van der Waals surface area contributed by atoms with Crippen molar-refractivity contribution >= 4 is 34.0 Å². The van der Waals surface area contributed by atoms with Crippen LogP contribution in [0.25, 0.3) is 11.0 Å². The summed E-state index contributed by atoms with van der Waals surface area (Å²) in [6.07, 6.45) is 1.89. The molecule has 0 radical (unpaired) electrons. The molecule has 0 aliphatic carbocycles. The van der Waals surface area contributed by atoms with Gasteiger partial charge in [-0.2, -0.15) is 0 Å². The van der Waals surface area contributed by atoms with E-state index in [1.807, 2.05) is 17.8 Å². The predicted octanol–water partition coefficient (Wildman–Crippen LogP) is 3.59. The molecule has 0 atom stereocenters. The highest BCUT2D eigenvalue weighted by Crippen LogP contribution is 2.21. The van der Waals surface area contributed by atoms with Crippen molar-refractivity contribution in [3.63, 3.8) is 0 Å². The SMILES string of the molecule is Cc1ccc2nc(CCl)n(Cc3cncs3)c2c1. The van der Waals surface area contributed by atoms with Crippen LogP contribution < -0.4 is 0 Å². The van der Waals surface area contributed by atoms with E-state index in [9.17, 15) is 0 Å². The van der Waals surface area contributed by atoms with Gasteiger partial charge in [0.25, 0.3) is 0 Å². The fraction of sp³-hybridized carbons (Fsp3) is 0.231. The van der Waals surface area contributed by atoms with Crippen LogP contribution in [0, 0.1) is 6.92 Å². The molecule has 92 valence electrons. The third kappa shape index (κ3) is 2.02. The Morgan fingerprint density at radius 3 is 3.00 bits per heavy atom. The van der Waals surface area contributed by atoms with E-state index in [2.05, 4.69) is 33.6 Å². The number of nitrogens with zero attached hydrogens (tertiary/aromatic N) is 3. The van der Waals surface area contributed by atoms with Crippen LogP contribution in [0.4, 0.5) is 0 Å². The first kappa shape index (κ1) is 11.7. The zero-order valence-corrected chi connectivity index (χ0v) is 11.5. The normalized spacial score (nSPS) is 11.2. The van der Waals surface area contributed by atoms with Gasteiger partial charge in [-0.05, 0) is 24.6 Å². The average Bonchev–Trinajstić information content (AvgIpc) is 2.98. The number of halogens is 1. The lowest BCUT2D eigenvalue weighted by molar-refractivity contribution is 0.787. The topological polar surface area (TPSA) is 30.7 Å². The number of fused-ring (bicyclic) bond motifs is 1. The Kier molecular flexibility index (Phi) is 3.06. The van der Waals surface area contributed by atoms with Crippen molar-refractivity contribution in [3.05, 3.63) is 46.2 Å². The minimum atomic E-state index is 0.423. The lowest BCUT2D eigenvalue weighted by Crippen LogP contribution is -2.02. The second-order valence-electron chi connectivity index (χ2n) is 4.21. The molecule has 18 heavy (non-hydrogen) atoms. The van der Waals surface area contributed by atoms with Crippen molar-refractivity contribution < 1.29 is 0 Å². The molecule has 0 amide bonds. The third-order valence-corrected chi connectivity index (χ3v) is 3.90. The van der Waals surface area contributed by atoms with Crippen molar-refractivity contribution in [2.75, 3.05) is 0 Å². The summed E-state index contributed by atoms with van der Waals surface area (Å²) in [6.45, 7) is 2.87. The second-order valence-corrected chi connectivity index (χ2v) is 5.45. The molecule has 3 aromatic rings. The first-order valence-electron chi connectivity index (χ1n) is 5.67. The largest absolute Gasteiger partial charge is 0.322 e. The fourth-order valence-electron chi connectivity index (χ4n) is 2.04. The van der Waals surface area contributed by atoms with Crippen molar-refractivity contribution in [1.29, 1.82) is 0 Å². The number of thiazole rings is 1. The van der Waals surface area contributed by atoms with Gasteiger partial charge in [0.1, 0.15) is 5.82 Å². The van der Waals surface area contributed by atoms with Gasteiger partial charge in [-0.15, -0.1) is 22.9 Å². The second kappa shape index (κ2) is 4.71. The molecular formula is C13H12ClN3S. The number of rotatable bonds is 3. The first-order valence-corrected chi connectivity index (χ1v) is 7.08. The Balaban J connectivity index is 2.15. The number of alkyl halides is 1. The first-order chi connectivity index (χ1) is 8.78. The number of hydrogen-bond donors (Lipinski definition) is 0. The molecule has 2 aromatic heterocycles. The van der Waals surface area contributed by atoms with E-state index in [1.54, 1.807) is 11.3 Å². The van der Waals surface area contributed by atoms with Gasteiger partial charge in [0.05, 0.1) is 29.0 Å². The van der Waals surface area contributed by atoms with Gasteiger partial charge in [0.15, 0.2) is 0 Å². The molecule has 0 fully saturated rings. The lowest BCUT2D eigenvalue weighted by atomic mass is 10.2. The molecule has 0 saturated carbocycles. The van der Waals surface area contributed by atoms with Gasteiger partial charge in [-0.1, -0.05) is 6.07 Å². The monoisotopic (exact) mass is 277 g/mol. The van der Waals surface area contributed by atoms with Crippen LogP contribution in [-0.2, 0) is 12.4 Å². The highest BCUT2D eigenvalue weighted by molar-refractivity contribution is 7.09. The zero-order chi connectivity index (χ0) is 12.5. The summed E-state index contributed by atoms with van der Waals surface area (Å²) in [5.41, 5.74) is 5.22. The number of aryl methyl sites for hydroxylation is 1. The molecular weight excluding hydrogens is 266 g/mol. The number of imidazole rings is 1. The van der Waals surface area contributed by atoms with Gasteiger partial charge in [0, 0.05) is 11.1 Å². The van der Waals surface area contributed by atoms with Crippen LogP contribution in [0.1, 0.15) is 16.3 Å². The van der Waals surface area contributed by atoms with Gasteiger partial charge in [0.2, 0.25) is 0 Å². The summed E-state index contributed by atoms with van der Waals surface area (Å²) in [4.78, 5) is 9.89. The lowest BCUT2D eigenvalue weighted by Gasteiger charge is -2.05. The zero-order valence-electron chi connectivity index (χ0n) is 9.93. The molecule has 0 spiro atoms. The number of benzene rings is 1. The molecule has 0 N–H and O–H groups in total. The van der Waals surface area contributed by atoms with E-state index in [0.717, 1.165) is 23.4 Å². The maximum Gasteiger partial charge on any atom is 0.125 e. The van der Waals surface area contributed by atoms with Crippen molar-refractivity contribution in [2.45, 2.75) is 19.3 Å². The highest BCUT2D eigenvalue weighted by Gasteiger charge is 2.11. The summed E-state index contributed by atoms with van der Waals surface area (Å²) >= 11 is 7.64. The van der Waals surface area contributed by atoms with E-state index in [1.165, 1.54) is 10.4 Å². The van der Waals surface area contributed by atoms with Crippen LogP contribution in [0.2, 0.25) is 0 Å². The van der Waals surface area contributed by atoms with Crippen molar-refractivity contribution in [3.8, 4) is 0 Å². The fourth-order valence-corrected chi connectivity index (χ4v) is 2.82. The molecule has 1 aromatic carbocycles. The standard InChI is InChI=1S/C13H12ClN3S/c1-9-2-3-11-12(4-9)17(13(5-14)16-11)7-10-6-15-8-18-10/h2-4,6,8H,5,7H2,1H3. The highest BCUT2D eigenvalue weighted by atomic mass is 35.5. The van der Waals surface area contributed by atoms with Crippen LogP contribution in [0.3, 0.4) is 0 Å². The summed E-state index contributed by atoms with van der Waals surface area (Å²) < 4.78 is 2.17. The summed E-state index contributed by atoms with van der Waals surface area (Å²) in [5, 5.41) is 0. The van der Waals surface area contributed by atoms with Gasteiger partial charge >= 0.3 is 0 Å². The van der Waals surface area contributed by atoms with Gasteiger partial charge < -0.3 is 4.57 Å². The molecule has 0 unspecified atom stereocenters. The van der Waals surface area contributed by atoms with Crippen LogP contribution in [0.15, 0.2) is 29.9 Å². The molecule has 5 heteroatoms. The summed E-state index contributed by atoms with van der Waals surface area (Å²) in [6, 6.07) is 6.27. The van der Waals surface area contributed by atoms with E-state index < -0.39 is 0 Å². The Morgan fingerprint density at radius 2 is 2.28 bits per heavy atom. The Morgan fingerprint density at radius 1 is 1.39 bits per heavy atom. The van der Waals surface area contributed by atoms with E-state index >= 15 is 0 Å². The van der Waals surface area contributed by atoms with E-state index in [4.69, 9.17) is 11.6 Å². The molecule has 0 aliphatic rings. The van der Waals surface area contributed by atoms with Crippen LogP contribution in [0.5, 0.6) is 0 Å². The molecule has 2 heterocycles. The molecule has 3 rings (SSSR count). The van der Waals surface area contributed by atoms with E-state index in [-0.39, 0.29) is 0 Å². The Labute approximate surface area is 114 Å². The maximum atomic E-state index is 5.99. The Hall–Kier alpha value is -1.39. The molecule has 0 saturated heterocycles. The average molecular weight is 278 g/mol. The van der Waals surface area contributed by atoms with Crippen LogP contribution in [-0.4, -0.2) is 14.5 Å². The number of aromatic nitrogens is 3.